The molecule has 1 N–H and O–H groups in total. The monoisotopic (exact) mass is 313 g/mol. The van der Waals surface area contributed by atoms with Crippen LogP contribution in [-0.2, 0) is 9.59 Å². The lowest BCUT2D eigenvalue weighted by atomic mass is 9.94. The molecule has 0 bridgehead atoms. The highest BCUT2D eigenvalue weighted by Crippen LogP contribution is 2.40. The lowest BCUT2D eigenvalue weighted by Gasteiger charge is -2.26. The highest BCUT2D eigenvalue weighted by Gasteiger charge is 2.44. The van der Waals surface area contributed by atoms with Gasteiger partial charge in [0.1, 0.15) is 0 Å². The van der Waals surface area contributed by atoms with Gasteiger partial charge in [0.25, 0.3) is 0 Å². The van der Waals surface area contributed by atoms with Crippen molar-refractivity contribution >= 4 is 23.6 Å². The van der Waals surface area contributed by atoms with Gasteiger partial charge < -0.3 is 10.0 Å². The van der Waals surface area contributed by atoms with Gasteiger partial charge in [0.15, 0.2) is 0 Å². The summed E-state index contributed by atoms with van der Waals surface area (Å²) in [6.07, 6.45) is 3.36. The van der Waals surface area contributed by atoms with Crippen molar-refractivity contribution in [3.05, 3.63) is 0 Å². The number of carbonyl (C=O) groups excluding carboxylic acids is 1. The normalized spacial score (nSPS) is 32.7. The van der Waals surface area contributed by atoms with Crippen LogP contribution in [0.5, 0.6) is 0 Å². The molecule has 1 saturated heterocycles. The summed E-state index contributed by atoms with van der Waals surface area (Å²) in [5.41, 5.74) is 0. The number of carboxylic acid groups (broad SMARTS) is 1. The first-order chi connectivity index (χ1) is 9.84. The Morgan fingerprint density at radius 2 is 1.90 bits per heavy atom. The average molecular weight is 313 g/mol. The summed E-state index contributed by atoms with van der Waals surface area (Å²) in [7, 11) is 0. The molecule has 1 aliphatic carbocycles. The van der Waals surface area contributed by atoms with Crippen LogP contribution >= 0.6 is 11.8 Å². The van der Waals surface area contributed by atoms with Crippen LogP contribution < -0.4 is 0 Å². The molecule has 2 aliphatic rings. The van der Waals surface area contributed by atoms with Gasteiger partial charge in [0.2, 0.25) is 5.91 Å². The second-order valence-corrected chi connectivity index (χ2v) is 8.78. The summed E-state index contributed by atoms with van der Waals surface area (Å²) in [5.74, 6) is -0.172. The van der Waals surface area contributed by atoms with Gasteiger partial charge in [-0.15, -0.1) is 0 Å². The molecule has 1 unspecified atom stereocenters. The Kier molecular flexibility index (Phi) is 5.23. The first-order valence-electron chi connectivity index (χ1n) is 7.99. The smallest absolute Gasteiger partial charge is 0.307 e. The SMILES string of the molecule is CCC1C[C@H](C(=O)N2CCSC(C)(C)CC2)[C@H](C(=O)O)C1. The molecule has 5 heteroatoms. The number of hydrogen-bond donors (Lipinski definition) is 1. The van der Waals surface area contributed by atoms with E-state index >= 15 is 0 Å². The van der Waals surface area contributed by atoms with Crippen LogP contribution in [0.25, 0.3) is 0 Å². The first-order valence-corrected chi connectivity index (χ1v) is 8.98. The molecule has 1 heterocycles. The Morgan fingerprint density at radius 1 is 1.24 bits per heavy atom. The van der Waals surface area contributed by atoms with Crippen LogP contribution in [0.1, 0.15) is 46.5 Å². The molecule has 120 valence electrons. The minimum atomic E-state index is -0.797. The van der Waals surface area contributed by atoms with E-state index in [0.29, 0.717) is 12.3 Å². The topological polar surface area (TPSA) is 57.6 Å². The van der Waals surface area contributed by atoms with E-state index < -0.39 is 11.9 Å². The lowest BCUT2D eigenvalue weighted by Crippen LogP contribution is -2.40. The highest BCUT2D eigenvalue weighted by molar-refractivity contribution is 8.00. The van der Waals surface area contributed by atoms with Crippen molar-refractivity contribution in [2.45, 2.75) is 51.2 Å². The third kappa shape index (κ3) is 3.93. The zero-order valence-corrected chi connectivity index (χ0v) is 14.1. The van der Waals surface area contributed by atoms with Gasteiger partial charge in [-0.25, -0.2) is 0 Å². The number of carboxylic acids is 1. The second-order valence-electron chi connectivity index (χ2n) is 6.98. The Morgan fingerprint density at radius 3 is 2.52 bits per heavy atom. The van der Waals surface area contributed by atoms with E-state index in [-0.39, 0.29) is 16.6 Å². The molecule has 0 radical (unpaired) electrons. The molecule has 0 aromatic rings. The Hall–Kier alpha value is -0.710. The molecule has 1 aliphatic heterocycles. The van der Waals surface area contributed by atoms with Crippen molar-refractivity contribution in [2.75, 3.05) is 18.8 Å². The number of aliphatic carboxylic acids is 1. The number of carbonyl (C=O) groups is 2. The van der Waals surface area contributed by atoms with Gasteiger partial charge in [-0.2, -0.15) is 11.8 Å². The number of thioether (sulfide) groups is 1. The molecular formula is C16H27NO3S. The molecule has 1 amide bonds. The second kappa shape index (κ2) is 6.59. The van der Waals surface area contributed by atoms with Crippen LogP contribution in [-0.4, -0.2) is 45.5 Å². The standard InChI is InChI=1S/C16H27NO3S/c1-4-11-9-12(13(10-11)15(19)20)14(18)17-6-5-16(2,3)21-8-7-17/h11-13H,4-10H2,1-3H3,(H,19,20)/t11?,12-,13+/m0/s1. The molecule has 2 rings (SSSR count). The van der Waals surface area contributed by atoms with Crippen molar-refractivity contribution in [2.24, 2.45) is 17.8 Å². The summed E-state index contributed by atoms with van der Waals surface area (Å²) < 4.78 is 0.211. The van der Waals surface area contributed by atoms with E-state index in [2.05, 4.69) is 20.8 Å². The minimum Gasteiger partial charge on any atom is -0.481 e. The largest absolute Gasteiger partial charge is 0.481 e. The third-order valence-electron chi connectivity index (χ3n) is 5.02. The van der Waals surface area contributed by atoms with Crippen molar-refractivity contribution in [1.29, 1.82) is 0 Å². The van der Waals surface area contributed by atoms with E-state index in [9.17, 15) is 14.7 Å². The zero-order valence-electron chi connectivity index (χ0n) is 13.3. The van der Waals surface area contributed by atoms with Crippen LogP contribution in [0, 0.1) is 17.8 Å². The number of hydrogen-bond acceptors (Lipinski definition) is 3. The van der Waals surface area contributed by atoms with E-state index in [4.69, 9.17) is 0 Å². The number of rotatable bonds is 3. The van der Waals surface area contributed by atoms with E-state index in [1.165, 1.54) is 0 Å². The van der Waals surface area contributed by atoms with E-state index in [0.717, 1.165) is 38.1 Å². The summed E-state index contributed by atoms with van der Waals surface area (Å²) in [5, 5.41) is 9.41. The third-order valence-corrected chi connectivity index (χ3v) is 6.39. The average Bonchev–Trinajstić information content (AvgIpc) is 2.77. The molecular weight excluding hydrogens is 286 g/mol. The fraction of sp³-hybridized carbons (Fsp3) is 0.875. The molecule has 21 heavy (non-hydrogen) atoms. The predicted octanol–water partition coefficient (Wildman–Crippen LogP) is 2.87. The number of amides is 1. The Bertz CT molecular complexity index is 410. The molecule has 2 fully saturated rings. The summed E-state index contributed by atoms with van der Waals surface area (Å²) in [4.78, 5) is 26.2. The molecule has 3 atom stereocenters. The molecule has 0 aromatic carbocycles. The zero-order chi connectivity index (χ0) is 15.6. The van der Waals surface area contributed by atoms with Crippen molar-refractivity contribution in [1.82, 2.24) is 4.90 Å². The lowest BCUT2D eigenvalue weighted by molar-refractivity contribution is -0.149. The number of nitrogens with zero attached hydrogens (tertiary/aromatic N) is 1. The van der Waals surface area contributed by atoms with Crippen molar-refractivity contribution in [3.8, 4) is 0 Å². The summed E-state index contributed by atoms with van der Waals surface area (Å²) in [6.45, 7) is 8.04. The Balaban J connectivity index is 2.05. The van der Waals surface area contributed by atoms with Crippen LogP contribution in [0.2, 0.25) is 0 Å². The van der Waals surface area contributed by atoms with Gasteiger partial charge >= 0.3 is 5.97 Å². The predicted molar refractivity (Wildman–Crippen MR) is 85.4 cm³/mol. The van der Waals surface area contributed by atoms with Gasteiger partial charge in [-0.05, 0) is 25.2 Å². The van der Waals surface area contributed by atoms with Crippen molar-refractivity contribution < 1.29 is 14.7 Å². The highest BCUT2D eigenvalue weighted by atomic mass is 32.2. The summed E-state index contributed by atoms with van der Waals surface area (Å²) >= 11 is 1.91. The van der Waals surface area contributed by atoms with Crippen LogP contribution in [0.4, 0.5) is 0 Å². The quantitative estimate of drug-likeness (QED) is 0.870. The summed E-state index contributed by atoms with van der Waals surface area (Å²) in [6, 6.07) is 0. The van der Waals surface area contributed by atoms with Crippen LogP contribution in [0.3, 0.4) is 0 Å². The maximum atomic E-state index is 12.8. The van der Waals surface area contributed by atoms with Gasteiger partial charge in [-0.3, -0.25) is 9.59 Å². The van der Waals surface area contributed by atoms with Gasteiger partial charge in [-0.1, -0.05) is 27.2 Å². The molecule has 4 nitrogen and oxygen atoms in total. The fourth-order valence-electron chi connectivity index (χ4n) is 3.50. The maximum absolute atomic E-state index is 12.8. The van der Waals surface area contributed by atoms with Gasteiger partial charge in [0.05, 0.1) is 11.8 Å². The van der Waals surface area contributed by atoms with E-state index in [1.54, 1.807) is 0 Å². The van der Waals surface area contributed by atoms with Crippen molar-refractivity contribution in [3.63, 3.8) is 0 Å². The van der Waals surface area contributed by atoms with Gasteiger partial charge in [0, 0.05) is 23.6 Å². The first kappa shape index (κ1) is 16.7. The molecule has 0 aromatic heterocycles. The fourth-order valence-corrected chi connectivity index (χ4v) is 4.60. The van der Waals surface area contributed by atoms with Crippen LogP contribution in [0.15, 0.2) is 0 Å². The minimum absolute atomic E-state index is 0.0802. The Labute approximate surface area is 131 Å². The maximum Gasteiger partial charge on any atom is 0.307 e. The van der Waals surface area contributed by atoms with E-state index in [1.807, 2.05) is 16.7 Å². The molecule has 1 saturated carbocycles. The molecule has 0 spiro atoms.